The van der Waals surface area contributed by atoms with Crippen LogP contribution in [0.25, 0.3) is 10.8 Å². The Bertz CT molecular complexity index is 1780. The average Bonchev–Trinajstić information content (AvgIpc) is 3.79. The number of benzene rings is 3. The summed E-state index contributed by atoms with van der Waals surface area (Å²) in [5.41, 5.74) is 0.137. The molecule has 1 spiro atoms. The summed E-state index contributed by atoms with van der Waals surface area (Å²) in [4.78, 5) is 59.7. The summed E-state index contributed by atoms with van der Waals surface area (Å²) in [6.45, 7) is 9.77. The number of esters is 1. The van der Waals surface area contributed by atoms with Crippen LogP contribution in [0.5, 0.6) is 0 Å². The van der Waals surface area contributed by atoms with E-state index in [9.17, 15) is 24.3 Å². The van der Waals surface area contributed by atoms with Crippen molar-refractivity contribution in [1.82, 2.24) is 10.2 Å². The first-order valence-electron chi connectivity index (χ1n) is 17.9. The molecular weight excluding hydrogens is 646 g/mol. The van der Waals surface area contributed by atoms with Crippen molar-refractivity contribution in [3.05, 3.63) is 104 Å². The molecule has 268 valence electrons. The number of fused-ring (bicyclic) bond motifs is 2. The maximum atomic E-state index is 14.9. The van der Waals surface area contributed by atoms with Gasteiger partial charge >= 0.3 is 5.97 Å². The molecule has 3 aromatic rings. The van der Waals surface area contributed by atoms with Crippen molar-refractivity contribution in [2.45, 2.75) is 75.3 Å². The van der Waals surface area contributed by atoms with Crippen LogP contribution in [-0.4, -0.2) is 77.2 Å². The standard InChI is InChI=1S/C41H47N3O7/c1-4-6-18-33(46)42-27(3)36(29-15-8-7-9-16-29)50-40(49)34-32-21-22-41(51-32)35(34)38(47)44(24-12-13-25-45)37(41)39(48)43(23-5-2)31-20-19-28-14-10-11-17-30(28)26-31/h4-5,7-11,14-17,19-20,26-27,32,34-37,45H,1-2,6,12-13,18,21-25H2,3H3,(H,42,46)/t27-,32-,34+,35+,36-,37-,41+/m1/s1. The molecule has 3 heterocycles. The molecule has 2 bridgehead atoms. The van der Waals surface area contributed by atoms with Crippen molar-refractivity contribution in [3.8, 4) is 0 Å². The van der Waals surface area contributed by atoms with E-state index in [-0.39, 0.29) is 43.8 Å². The Morgan fingerprint density at radius 1 is 1.06 bits per heavy atom. The number of carbonyl (C=O) groups excluding carboxylic acids is 4. The molecule has 10 nitrogen and oxygen atoms in total. The quantitative estimate of drug-likeness (QED) is 0.119. The van der Waals surface area contributed by atoms with Gasteiger partial charge in [-0.15, -0.1) is 13.2 Å². The molecule has 0 radical (unpaired) electrons. The summed E-state index contributed by atoms with van der Waals surface area (Å²) in [6, 6.07) is 21.3. The third-order valence-corrected chi connectivity index (χ3v) is 10.5. The molecule has 0 aliphatic carbocycles. The first-order chi connectivity index (χ1) is 24.7. The lowest BCUT2D eigenvalue weighted by Crippen LogP contribution is -2.56. The number of unbranched alkanes of at least 4 members (excludes halogenated alkanes) is 1. The lowest BCUT2D eigenvalue weighted by molar-refractivity contribution is -0.162. The van der Waals surface area contributed by atoms with Crippen LogP contribution in [0.2, 0.25) is 0 Å². The molecule has 10 heteroatoms. The molecule has 51 heavy (non-hydrogen) atoms. The van der Waals surface area contributed by atoms with E-state index in [0.29, 0.717) is 43.4 Å². The van der Waals surface area contributed by atoms with Gasteiger partial charge in [-0.25, -0.2) is 0 Å². The molecule has 3 aromatic carbocycles. The molecule has 3 aliphatic heterocycles. The Morgan fingerprint density at radius 3 is 2.53 bits per heavy atom. The molecule has 2 N–H and O–H groups in total. The Balaban J connectivity index is 1.32. The second-order valence-corrected chi connectivity index (χ2v) is 13.7. The van der Waals surface area contributed by atoms with Gasteiger partial charge in [0.05, 0.1) is 24.0 Å². The molecule has 3 fully saturated rings. The predicted octanol–water partition coefficient (Wildman–Crippen LogP) is 5.26. The number of allylic oxidation sites excluding steroid dienone is 1. The van der Waals surface area contributed by atoms with Crippen LogP contribution in [-0.2, 0) is 28.7 Å². The van der Waals surface area contributed by atoms with Crippen molar-refractivity contribution < 1.29 is 33.8 Å². The van der Waals surface area contributed by atoms with E-state index in [1.807, 2.05) is 72.8 Å². The molecule has 7 atom stereocenters. The number of hydrogen-bond acceptors (Lipinski definition) is 7. The normalized spacial score (nSPS) is 24.5. The average molecular weight is 694 g/mol. The van der Waals surface area contributed by atoms with E-state index in [4.69, 9.17) is 9.47 Å². The predicted molar refractivity (Wildman–Crippen MR) is 194 cm³/mol. The van der Waals surface area contributed by atoms with Gasteiger partial charge in [-0.05, 0) is 67.5 Å². The highest BCUT2D eigenvalue weighted by molar-refractivity contribution is 6.05. The van der Waals surface area contributed by atoms with Crippen LogP contribution in [0.3, 0.4) is 0 Å². The van der Waals surface area contributed by atoms with Gasteiger partial charge in [0.25, 0.3) is 5.91 Å². The van der Waals surface area contributed by atoms with Gasteiger partial charge in [-0.1, -0.05) is 72.8 Å². The highest BCUT2D eigenvalue weighted by Gasteiger charge is 2.75. The summed E-state index contributed by atoms with van der Waals surface area (Å²) in [5.74, 6) is -3.28. The fraction of sp³-hybridized carbons (Fsp3) is 0.415. The number of hydrogen-bond donors (Lipinski definition) is 2. The van der Waals surface area contributed by atoms with Gasteiger partial charge in [0.1, 0.15) is 17.7 Å². The fourth-order valence-electron chi connectivity index (χ4n) is 8.22. The molecule has 3 amide bonds. The van der Waals surface area contributed by atoms with Gasteiger partial charge in [-0.2, -0.15) is 0 Å². The second-order valence-electron chi connectivity index (χ2n) is 13.7. The molecule has 0 unspecified atom stereocenters. The number of rotatable bonds is 16. The number of ether oxygens (including phenoxy) is 2. The van der Waals surface area contributed by atoms with E-state index in [0.717, 1.165) is 10.8 Å². The SMILES string of the molecule is C=CCCC(=O)N[C@H](C)[C@@H](OC(=O)[C@@H]1[C@H]2C(=O)N(CCCCO)[C@H](C(=O)N(CC=C)c3ccc4ccccc4c3)[C@]23CC[C@H]1O3)c1ccccc1. The Morgan fingerprint density at radius 2 is 1.80 bits per heavy atom. The zero-order valence-electron chi connectivity index (χ0n) is 29.1. The van der Waals surface area contributed by atoms with Crippen LogP contribution in [0.15, 0.2) is 98.1 Å². The first-order valence-corrected chi connectivity index (χ1v) is 17.9. The largest absolute Gasteiger partial charge is 0.455 e. The molecule has 0 saturated carbocycles. The van der Waals surface area contributed by atoms with E-state index < -0.39 is 47.7 Å². The van der Waals surface area contributed by atoms with Crippen LogP contribution in [0, 0.1) is 11.8 Å². The highest BCUT2D eigenvalue weighted by Crippen LogP contribution is 2.59. The second kappa shape index (κ2) is 15.6. The zero-order chi connectivity index (χ0) is 36.1. The molecule has 3 aliphatic rings. The van der Waals surface area contributed by atoms with Crippen molar-refractivity contribution in [3.63, 3.8) is 0 Å². The summed E-state index contributed by atoms with van der Waals surface area (Å²) < 4.78 is 12.9. The minimum absolute atomic E-state index is 0.0500. The Kier molecular flexibility index (Phi) is 11.0. The van der Waals surface area contributed by atoms with E-state index >= 15 is 0 Å². The highest BCUT2D eigenvalue weighted by atomic mass is 16.6. The van der Waals surface area contributed by atoms with Crippen LogP contribution >= 0.6 is 0 Å². The molecule has 6 rings (SSSR count). The zero-order valence-corrected chi connectivity index (χ0v) is 29.1. The summed E-state index contributed by atoms with van der Waals surface area (Å²) in [7, 11) is 0. The van der Waals surface area contributed by atoms with Crippen molar-refractivity contribution in [2.75, 3.05) is 24.6 Å². The van der Waals surface area contributed by atoms with Crippen molar-refractivity contribution in [2.24, 2.45) is 11.8 Å². The third kappa shape index (κ3) is 6.95. The van der Waals surface area contributed by atoms with Crippen molar-refractivity contribution >= 4 is 40.2 Å². The van der Waals surface area contributed by atoms with Crippen molar-refractivity contribution in [1.29, 1.82) is 0 Å². The molecule has 0 aromatic heterocycles. The summed E-state index contributed by atoms with van der Waals surface area (Å²) in [6.07, 6.45) is 4.51. The van der Waals surface area contributed by atoms with Crippen LogP contribution in [0.1, 0.15) is 57.1 Å². The number of likely N-dealkylation sites (tertiary alicyclic amines) is 1. The number of amides is 3. The maximum absolute atomic E-state index is 14.9. The molecular formula is C41H47N3O7. The van der Waals surface area contributed by atoms with E-state index in [1.54, 1.807) is 28.9 Å². The van der Waals surface area contributed by atoms with Gasteiger partial charge in [-0.3, -0.25) is 19.2 Å². The molecule has 3 saturated heterocycles. The topological polar surface area (TPSA) is 125 Å². The lowest BCUT2D eigenvalue weighted by atomic mass is 9.70. The Labute approximate surface area is 299 Å². The first kappa shape index (κ1) is 36.0. The van der Waals surface area contributed by atoms with Gasteiger partial charge in [0.2, 0.25) is 11.8 Å². The minimum atomic E-state index is -1.23. The van der Waals surface area contributed by atoms with E-state index in [1.165, 1.54) is 0 Å². The lowest BCUT2D eigenvalue weighted by Gasteiger charge is -2.37. The number of nitrogens with zero attached hydrogens (tertiary/aromatic N) is 2. The monoisotopic (exact) mass is 693 g/mol. The number of carbonyl (C=O) groups is 4. The van der Waals surface area contributed by atoms with Gasteiger partial charge in [0.15, 0.2) is 0 Å². The summed E-state index contributed by atoms with van der Waals surface area (Å²) in [5, 5.41) is 14.5. The number of anilines is 1. The number of nitrogens with one attached hydrogen (secondary N) is 1. The van der Waals surface area contributed by atoms with E-state index in [2.05, 4.69) is 18.5 Å². The van der Waals surface area contributed by atoms with Crippen LogP contribution < -0.4 is 10.2 Å². The third-order valence-electron chi connectivity index (χ3n) is 10.5. The smallest absolute Gasteiger partial charge is 0.313 e. The fourth-order valence-corrected chi connectivity index (χ4v) is 8.22. The summed E-state index contributed by atoms with van der Waals surface area (Å²) >= 11 is 0. The van der Waals surface area contributed by atoms with Crippen LogP contribution in [0.4, 0.5) is 5.69 Å². The number of aliphatic hydroxyl groups excluding tert-OH is 1. The Hall–Kier alpha value is -4.80. The van der Waals surface area contributed by atoms with Gasteiger partial charge < -0.3 is 29.7 Å². The minimum Gasteiger partial charge on any atom is -0.455 e. The number of aliphatic hydroxyl groups is 1. The van der Waals surface area contributed by atoms with Gasteiger partial charge in [0, 0.05) is 31.8 Å². The maximum Gasteiger partial charge on any atom is 0.313 e.